The Hall–Kier alpha value is -1.36. The minimum atomic E-state index is -0.776. The molecule has 1 saturated heterocycles. The van der Waals surface area contributed by atoms with Gasteiger partial charge in [0, 0.05) is 19.0 Å². The van der Waals surface area contributed by atoms with E-state index in [-0.39, 0.29) is 5.92 Å². The molecule has 0 radical (unpaired) electrons. The monoisotopic (exact) mass is 317 g/mol. The van der Waals surface area contributed by atoms with E-state index in [4.69, 9.17) is 16.3 Å². The molecule has 1 amide bonds. The van der Waals surface area contributed by atoms with Gasteiger partial charge in [0.05, 0.1) is 0 Å². The van der Waals surface area contributed by atoms with Gasteiger partial charge in [0.1, 0.15) is 22.3 Å². The lowest BCUT2D eigenvalue weighted by molar-refractivity contribution is 0.0292. The zero-order chi connectivity index (χ0) is 15.8. The van der Waals surface area contributed by atoms with Crippen LogP contribution in [0.25, 0.3) is 0 Å². The van der Waals surface area contributed by atoms with E-state index in [9.17, 15) is 13.6 Å². The fourth-order valence-corrected chi connectivity index (χ4v) is 2.44. The maximum atomic E-state index is 13.5. The highest BCUT2D eigenvalue weighted by Gasteiger charge is 2.31. The summed E-state index contributed by atoms with van der Waals surface area (Å²) in [5, 5.41) is -0.499. The van der Waals surface area contributed by atoms with Crippen LogP contribution < -0.4 is 0 Å². The first kappa shape index (κ1) is 16.0. The third-order valence-corrected chi connectivity index (χ3v) is 3.68. The van der Waals surface area contributed by atoms with Crippen molar-refractivity contribution < 1.29 is 18.3 Å². The van der Waals surface area contributed by atoms with Crippen LogP contribution in [0.3, 0.4) is 0 Å². The minimum absolute atomic E-state index is 0.112. The summed E-state index contributed by atoms with van der Waals surface area (Å²) in [7, 11) is 0. The summed E-state index contributed by atoms with van der Waals surface area (Å²) in [5.74, 6) is -1.66. The van der Waals surface area contributed by atoms with Crippen LogP contribution in [-0.4, -0.2) is 29.7 Å². The number of carbonyl (C=O) groups excluding carboxylic acids is 1. The predicted octanol–water partition coefficient (Wildman–Crippen LogP) is 4.34. The molecule has 1 aromatic rings. The molecule has 1 fully saturated rings. The average molecular weight is 318 g/mol. The van der Waals surface area contributed by atoms with Crippen LogP contribution in [0.4, 0.5) is 13.6 Å². The van der Waals surface area contributed by atoms with Gasteiger partial charge in [0.15, 0.2) is 0 Å². The van der Waals surface area contributed by atoms with Gasteiger partial charge >= 0.3 is 6.09 Å². The Labute approximate surface area is 127 Å². The molecular formula is C15H18ClF2NO2. The van der Waals surface area contributed by atoms with Gasteiger partial charge in [0.2, 0.25) is 0 Å². The number of amides is 1. The Morgan fingerprint density at radius 1 is 1.33 bits per heavy atom. The van der Waals surface area contributed by atoms with E-state index in [1.807, 2.05) is 0 Å². The zero-order valence-corrected chi connectivity index (χ0v) is 13.0. The summed E-state index contributed by atoms with van der Waals surface area (Å²) in [6.07, 6.45) is 0.236. The van der Waals surface area contributed by atoms with E-state index in [0.29, 0.717) is 25.1 Å². The molecule has 0 bridgehead atoms. The van der Waals surface area contributed by atoms with E-state index in [1.54, 1.807) is 25.7 Å². The van der Waals surface area contributed by atoms with Crippen LogP contribution in [0.2, 0.25) is 5.02 Å². The first-order valence-electron chi connectivity index (χ1n) is 6.80. The molecule has 0 saturated carbocycles. The molecule has 2 rings (SSSR count). The van der Waals surface area contributed by atoms with Gasteiger partial charge in [-0.1, -0.05) is 11.6 Å². The third-order valence-electron chi connectivity index (χ3n) is 3.32. The van der Waals surface area contributed by atoms with E-state index < -0.39 is 28.4 Å². The summed E-state index contributed by atoms with van der Waals surface area (Å²) < 4.78 is 32.3. The Kier molecular flexibility index (Phi) is 4.42. The lowest BCUT2D eigenvalue weighted by Crippen LogP contribution is -2.35. The van der Waals surface area contributed by atoms with Crippen LogP contribution >= 0.6 is 11.6 Å². The molecular weight excluding hydrogens is 300 g/mol. The second-order valence-corrected chi connectivity index (χ2v) is 6.59. The highest BCUT2D eigenvalue weighted by molar-refractivity contribution is 6.30. The number of halogens is 3. The van der Waals surface area contributed by atoms with Crippen LogP contribution in [0.15, 0.2) is 12.1 Å². The molecule has 1 aliphatic rings. The van der Waals surface area contributed by atoms with Crippen molar-refractivity contribution in [1.82, 2.24) is 4.90 Å². The number of hydrogen-bond donors (Lipinski definition) is 0. The number of nitrogens with zero attached hydrogens (tertiary/aromatic N) is 1. The molecule has 0 spiro atoms. The highest BCUT2D eigenvalue weighted by Crippen LogP contribution is 2.31. The van der Waals surface area contributed by atoms with Crippen molar-refractivity contribution in [3.63, 3.8) is 0 Å². The normalized spacial score (nSPS) is 19.0. The molecule has 21 heavy (non-hydrogen) atoms. The number of carbonyl (C=O) groups is 1. The Balaban J connectivity index is 2.07. The Morgan fingerprint density at radius 2 is 1.90 bits per heavy atom. The summed E-state index contributed by atoms with van der Waals surface area (Å²) in [5.41, 5.74) is -0.0475. The molecule has 0 aromatic heterocycles. The molecule has 1 unspecified atom stereocenters. The molecule has 1 aliphatic heterocycles. The molecule has 1 atom stereocenters. The zero-order valence-electron chi connectivity index (χ0n) is 12.3. The molecule has 1 aromatic carbocycles. The summed E-state index contributed by atoms with van der Waals surface area (Å²) >= 11 is 5.47. The van der Waals surface area contributed by atoms with Gasteiger partial charge in [-0.25, -0.2) is 13.6 Å². The van der Waals surface area contributed by atoms with Crippen molar-refractivity contribution >= 4 is 17.7 Å². The van der Waals surface area contributed by atoms with E-state index >= 15 is 0 Å². The smallest absolute Gasteiger partial charge is 0.410 e. The number of likely N-dealkylation sites (tertiary alicyclic amines) is 1. The number of ether oxygens (including phenoxy) is 1. The highest BCUT2D eigenvalue weighted by atomic mass is 35.5. The largest absolute Gasteiger partial charge is 0.444 e. The van der Waals surface area contributed by atoms with E-state index in [2.05, 4.69) is 0 Å². The van der Waals surface area contributed by atoms with Crippen molar-refractivity contribution in [2.45, 2.75) is 38.7 Å². The lowest BCUT2D eigenvalue weighted by Gasteiger charge is -2.24. The Morgan fingerprint density at radius 3 is 2.43 bits per heavy atom. The number of hydrogen-bond acceptors (Lipinski definition) is 2. The molecule has 6 heteroatoms. The number of rotatable bonds is 1. The average Bonchev–Trinajstić information content (AvgIpc) is 2.82. The van der Waals surface area contributed by atoms with Crippen molar-refractivity contribution in [2.24, 2.45) is 0 Å². The maximum absolute atomic E-state index is 13.5. The van der Waals surface area contributed by atoms with Gasteiger partial charge in [-0.15, -0.1) is 0 Å². The van der Waals surface area contributed by atoms with Crippen molar-refractivity contribution in [1.29, 1.82) is 0 Å². The third kappa shape index (κ3) is 3.84. The SMILES string of the molecule is CC(C)(C)OC(=O)N1CCC(c2cc(F)c(Cl)c(F)c2)C1. The van der Waals surface area contributed by atoms with E-state index in [0.717, 1.165) is 0 Å². The van der Waals surface area contributed by atoms with Gasteiger partial charge in [0.25, 0.3) is 0 Å². The van der Waals surface area contributed by atoms with Crippen molar-refractivity contribution in [2.75, 3.05) is 13.1 Å². The lowest BCUT2D eigenvalue weighted by atomic mass is 9.98. The van der Waals surface area contributed by atoms with Crippen LogP contribution in [-0.2, 0) is 4.74 Å². The number of benzene rings is 1. The summed E-state index contributed by atoms with van der Waals surface area (Å²) in [6, 6.07) is 2.46. The molecule has 3 nitrogen and oxygen atoms in total. The van der Waals surface area contributed by atoms with Crippen LogP contribution in [0, 0.1) is 11.6 Å². The fraction of sp³-hybridized carbons (Fsp3) is 0.533. The van der Waals surface area contributed by atoms with Gasteiger partial charge in [-0.3, -0.25) is 0 Å². The first-order chi connectivity index (χ1) is 9.67. The minimum Gasteiger partial charge on any atom is -0.444 e. The summed E-state index contributed by atoms with van der Waals surface area (Å²) in [6.45, 7) is 6.27. The van der Waals surface area contributed by atoms with Gasteiger partial charge in [-0.2, -0.15) is 0 Å². The quantitative estimate of drug-likeness (QED) is 0.721. The molecule has 0 aliphatic carbocycles. The maximum Gasteiger partial charge on any atom is 0.410 e. The Bertz CT molecular complexity index is 534. The predicted molar refractivity (Wildman–Crippen MR) is 76.5 cm³/mol. The molecule has 116 valence electrons. The van der Waals surface area contributed by atoms with Gasteiger partial charge < -0.3 is 9.64 Å². The van der Waals surface area contributed by atoms with E-state index in [1.165, 1.54) is 12.1 Å². The van der Waals surface area contributed by atoms with Crippen LogP contribution in [0.5, 0.6) is 0 Å². The standard InChI is InChI=1S/C15H18ClF2NO2/c1-15(2,3)21-14(20)19-5-4-9(8-19)10-6-11(17)13(16)12(18)7-10/h6-7,9H,4-5,8H2,1-3H3. The second-order valence-electron chi connectivity index (χ2n) is 6.21. The second kappa shape index (κ2) is 5.79. The first-order valence-corrected chi connectivity index (χ1v) is 7.17. The van der Waals surface area contributed by atoms with Crippen molar-refractivity contribution in [3.05, 3.63) is 34.4 Å². The van der Waals surface area contributed by atoms with Crippen molar-refractivity contribution in [3.8, 4) is 0 Å². The van der Waals surface area contributed by atoms with Gasteiger partial charge in [-0.05, 0) is 44.9 Å². The van der Waals surface area contributed by atoms with Crippen LogP contribution in [0.1, 0.15) is 38.7 Å². The molecule has 0 N–H and O–H groups in total. The fourth-order valence-electron chi connectivity index (χ4n) is 2.34. The topological polar surface area (TPSA) is 29.5 Å². The summed E-state index contributed by atoms with van der Waals surface area (Å²) in [4.78, 5) is 13.5. The molecule has 1 heterocycles.